The fourth-order valence-electron chi connectivity index (χ4n) is 4.59. The summed E-state index contributed by atoms with van der Waals surface area (Å²) in [5.74, 6) is 8.33. The summed E-state index contributed by atoms with van der Waals surface area (Å²) in [6.45, 7) is 5.25. The summed E-state index contributed by atoms with van der Waals surface area (Å²) in [7, 11) is -3.46. The highest BCUT2D eigenvalue weighted by Crippen LogP contribution is 2.35. The molecule has 3 aromatic rings. The van der Waals surface area contributed by atoms with Crippen LogP contribution in [0, 0.1) is 23.2 Å². The van der Waals surface area contributed by atoms with Crippen molar-refractivity contribution in [1.82, 2.24) is 24.1 Å². The van der Waals surface area contributed by atoms with Gasteiger partial charge in [-0.05, 0) is 37.2 Å². The lowest BCUT2D eigenvalue weighted by molar-refractivity contribution is -0.00300. The molecular weight excluding hydrogens is 518 g/mol. The van der Waals surface area contributed by atoms with Gasteiger partial charge in [-0.2, -0.15) is 9.19 Å². The minimum atomic E-state index is -3.46. The van der Waals surface area contributed by atoms with Crippen molar-refractivity contribution in [2.45, 2.75) is 37.9 Å². The minimum absolute atomic E-state index is 0.0666. The quantitative estimate of drug-likeness (QED) is 0.423. The van der Waals surface area contributed by atoms with Crippen molar-refractivity contribution in [2.24, 2.45) is 11.3 Å². The number of hydrogen-bond acceptors (Lipinski definition) is 10. The largest absolute Gasteiger partial charge is 0.396 e. The molecule has 3 aliphatic rings. The normalized spacial score (nSPS) is 19.2. The Bertz CT molecular complexity index is 1530. The summed E-state index contributed by atoms with van der Waals surface area (Å²) in [4.78, 5) is 15.8. The number of anilines is 3. The smallest absolute Gasteiger partial charge is 0.256 e. The number of piperidine rings is 1. The van der Waals surface area contributed by atoms with Gasteiger partial charge in [0.2, 0.25) is 0 Å². The van der Waals surface area contributed by atoms with Gasteiger partial charge in [0.15, 0.2) is 5.82 Å². The summed E-state index contributed by atoms with van der Waals surface area (Å²) >= 11 is 0. The highest BCUT2D eigenvalue weighted by molar-refractivity contribution is 7.90. The van der Waals surface area contributed by atoms with Crippen LogP contribution in [0.25, 0.3) is 11.4 Å². The van der Waals surface area contributed by atoms with Gasteiger partial charge in [-0.15, -0.1) is 0 Å². The molecule has 6 rings (SSSR count). The summed E-state index contributed by atoms with van der Waals surface area (Å²) in [5.41, 5.74) is 2.29. The molecule has 0 atom stereocenters. The van der Waals surface area contributed by atoms with E-state index in [2.05, 4.69) is 49.0 Å². The van der Waals surface area contributed by atoms with Gasteiger partial charge < -0.3 is 20.1 Å². The van der Waals surface area contributed by atoms with Gasteiger partial charge in [0.25, 0.3) is 10.0 Å². The number of aliphatic hydroxyl groups excluding tert-OH is 1. The lowest BCUT2D eigenvalue weighted by Gasteiger charge is -2.39. The molecule has 0 spiro atoms. The first-order chi connectivity index (χ1) is 18.8. The Morgan fingerprint density at radius 2 is 1.97 bits per heavy atom. The SMILES string of the molecule is CC1(CO)CCN(c2cc(Nc3ccnc(-c4cnn(S(=O)(=O)C5CC5)c4)n3)ncc2C#CC2COC2)CC1. The van der Waals surface area contributed by atoms with E-state index in [9.17, 15) is 13.5 Å². The van der Waals surface area contributed by atoms with Crippen LogP contribution in [0.3, 0.4) is 0 Å². The predicted molar refractivity (Wildman–Crippen MR) is 146 cm³/mol. The highest BCUT2D eigenvalue weighted by Gasteiger charge is 2.37. The summed E-state index contributed by atoms with van der Waals surface area (Å²) in [5, 5.41) is 16.7. The molecule has 1 aliphatic carbocycles. The molecule has 11 nitrogen and oxygen atoms in total. The van der Waals surface area contributed by atoms with Crippen LogP contribution in [-0.2, 0) is 14.8 Å². The van der Waals surface area contributed by atoms with Crippen LogP contribution in [0.4, 0.5) is 17.3 Å². The van der Waals surface area contributed by atoms with E-state index in [1.165, 1.54) is 12.4 Å². The third-order valence-electron chi connectivity index (χ3n) is 7.56. The number of hydrogen-bond donors (Lipinski definition) is 2. The van der Waals surface area contributed by atoms with Gasteiger partial charge in [-0.25, -0.2) is 23.4 Å². The first kappa shape index (κ1) is 25.7. The molecule has 0 unspecified atom stereocenters. The second-order valence-electron chi connectivity index (χ2n) is 10.8. The maximum atomic E-state index is 12.5. The molecule has 0 bridgehead atoms. The molecule has 0 aromatic carbocycles. The van der Waals surface area contributed by atoms with Crippen molar-refractivity contribution in [3.63, 3.8) is 0 Å². The fourth-order valence-corrected chi connectivity index (χ4v) is 6.07. The number of ether oxygens (including phenoxy) is 1. The monoisotopic (exact) mass is 549 g/mol. The molecule has 12 heteroatoms. The van der Waals surface area contributed by atoms with Crippen molar-refractivity contribution < 1.29 is 18.3 Å². The number of aromatic nitrogens is 5. The molecule has 1 saturated carbocycles. The van der Waals surface area contributed by atoms with E-state index in [0.29, 0.717) is 49.1 Å². The summed E-state index contributed by atoms with van der Waals surface area (Å²) in [6, 6.07) is 3.71. The van der Waals surface area contributed by atoms with Gasteiger partial charge in [0.05, 0.1) is 53.6 Å². The second-order valence-corrected chi connectivity index (χ2v) is 12.9. The zero-order valence-electron chi connectivity index (χ0n) is 21.7. The molecule has 3 fully saturated rings. The Balaban J connectivity index is 1.24. The minimum Gasteiger partial charge on any atom is -0.396 e. The Labute approximate surface area is 227 Å². The van der Waals surface area contributed by atoms with Crippen LogP contribution >= 0.6 is 0 Å². The van der Waals surface area contributed by atoms with E-state index in [1.807, 2.05) is 6.07 Å². The lowest BCUT2D eigenvalue weighted by atomic mass is 9.81. The Morgan fingerprint density at radius 1 is 1.18 bits per heavy atom. The van der Waals surface area contributed by atoms with Gasteiger partial charge >= 0.3 is 0 Å². The van der Waals surface area contributed by atoms with Crippen LogP contribution in [0.15, 0.2) is 36.9 Å². The number of aliphatic hydroxyl groups is 1. The topological polar surface area (TPSA) is 135 Å². The fraction of sp³-hybridized carbons (Fsp3) is 0.481. The predicted octanol–water partition coefficient (Wildman–Crippen LogP) is 2.42. The van der Waals surface area contributed by atoms with Crippen LogP contribution in [0.5, 0.6) is 0 Å². The van der Waals surface area contributed by atoms with E-state index in [4.69, 9.17) is 4.74 Å². The van der Waals surface area contributed by atoms with Crippen molar-refractivity contribution >= 4 is 27.3 Å². The van der Waals surface area contributed by atoms with E-state index in [0.717, 1.165) is 41.3 Å². The number of rotatable bonds is 7. The van der Waals surface area contributed by atoms with Gasteiger partial charge in [0, 0.05) is 38.2 Å². The van der Waals surface area contributed by atoms with Gasteiger partial charge in [-0.1, -0.05) is 18.8 Å². The Kier molecular flexibility index (Phi) is 6.74. The maximum absolute atomic E-state index is 12.5. The van der Waals surface area contributed by atoms with E-state index in [1.54, 1.807) is 18.5 Å². The second kappa shape index (κ2) is 10.2. The average Bonchev–Trinajstić information content (AvgIpc) is 3.66. The molecular formula is C27H31N7O4S. The summed E-state index contributed by atoms with van der Waals surface area (Å²) in [6.07, 6.45) is 9.42. The molecule has 2 N–H and O–H groups in total. The standard InChI is InChI=1S/C27H31N7O4S/c1-27(18-35)7-10-33(11-8-27)23-12-25(29-13-20(23)3-2-19-16-38-17-19)31-24-6-9-28-26(32-24)21-14-30-34(15-21)39(36,37)22-4-5-22/h6,9,12-15,19,22,35H,4-5,7-8,10-11,16-18H2,1H3,(H,28,29,31,32). The molecule has 2 aliphatic heterocycles. The Morgan fingerprint density at radius 3 is 2.67 bits per heavy atom. The lowest BCUT2D eigenvalue weighted by Crippen LogP contribution is -2.40. The van der Waals surface area contributed by atoms with Crippen molar-refractivity contribution in [3.05, 3.63) is 42.5 Å². The molecule has 0 radical (unpaired) electrons. The van der Waals surface area contributed by atoms with Crippen molar-refractivity contribution in [1.29, 1.82) is 0 Å². The van der Waals surface area contributed by atoms with E-state index >= 15 is 0 Å². The number of nitrogens with zero attached hydrogens (tertiary/aromatic N) is 6. The summed E-state index contributed by atoms with van der Waals surface area (Å²) < 4.78 is 31.3. The van der Waals surface area contributed by atoms with E-state index in [-0.39, 0.29) is 23.2 Å². The molecule has 204 valence electrons. The third kappa shape index (κ3) is 5.48. The van der Waals surface area contributed by atoms with Crippen LogP contribution in [0.1, 0.15) is 38.2 Å². The van der Waals surface area contributed by atoms with Crippen molar-refractivity contribution in [2.75, 3.05) is 43.1 Å². The van der Waals surface area contributed by atoms with Crippen LogP contribution < -0.4 is 10.2 Å². The zero-order valence-corrected chi connectivity index (χ0v) is 22.6. The number of pyridine rings is 1. The first-order valence-corrected chi connectivity index (χ1v) is 14.7. The van der Waals surface area contributed by atoms with Crippen LogP contribution in [-0.4, -0.2) is 75.8 Å². The molecule has 0 amide bonds. The van der Waals surface area contributed by atoms with Gasteiger partial charge in [-0.3, -0.25) is 0 Å². The molecule has 39 heavy (non-hydrogen) atoms. The maximum Gasteiger partial charge on any atom is 0.256 e. The Hall–Kier alpha value is -3.53. The van der Waals surface area contributed by atoms with Gasteiger partial charge in [0.1, 0.15) is 11.6 Å². The van der Waals surface area contributed by atoms with Crippen molar-refractivity contribution in [3.8, 4) is 23.2 Å². The van der Waals surface area contributed by atoms with E-state index < -0.39 is 10.0 Å². The zero-order chi connectivity index (χ0) is 27.0. The first-order valence-electron chi connectivity index (χ1n) is 13.2. The average molecular weight is 550 g/mol. The number of nitrogens with one attached hydrogen (secondary N) is 1. The third-order valence-corrected chi connectivity index (χ3v) is 9.60. The van der Waals surface area contributed by atoms with Crippen LogP contribution in [0.2, 0.25) is 0 Å². The molecule has 5 heterocycles. The molecule has 2 saturated heterocycles. The highest BCUT2D eigenvalue weighted by atomic mass is 32.2. The molecule has 3 aromatic heterocycles.